The minimum atomic E-state index is -0.159. The summed E-state index contributed by atoms with van der Waals surface area (Å²) in [6.07, 6.45) is 1.45. The number of aromatic nitrogens is 3. The molecule has 0 aliphatic carbocycles. The standard InChI is InChI=1S/C9H7Cl2N3O.CH4O/c1-2-14-4-12-7-5(9(14)15)3-6(10)13-8(7)11;1-2/h3-4H,2H2,1H3;2H,1H3. The van der Waals surface area contributed by atoms with Gasteiger partial charge in [-0.15, -0.1) is 0 Å². The maximum absolute atomic E-state index is 11.8. The fourth-order valence-electron chi connectivity index (χ4n) is 1.32. The van der Waals surface area contributed by atoms with Crippen molar-refractivity contribution in [2.45, 2.75) is 13.5 Å². The molecule has 2 heterocycles. The van der Waals surface area contributed by atoms with E-state index in [4.69, 9.17) is 28.3 Å². The van der Waals surface area contributed by atoms with Crippen LogP contribution in [0.5, 0.6) is 0 Å². The third-order valence-electron chi connectivity index (χ3n) is 2.08. The summed E-state index contributed by atoms with van der Waals surface area (Å²) in [6.45, 7) is 2.42. The van der Waals surface area contributed by atoms with E-state index in [-0.39, 0.29) is 15.9 Å². The molecule has 0 aliphatic rings. The fraction of sp³-hybridized carbons (Fsp3) is 0.300. The lowest BCUT2D eigenvalue weighted by atomic mass is 10.3. The molecule has 7 heteroatoms. The van der Waals surface area contributed by atoms with Crippen molar-refractivity contribution in [2.75, 3.05) is 7.11 Å². The number of nitrogens with zero attached hydrogens (tertiary/aromatic N) is 3. The van der Waals surface area contributed by atoms with E-state index in [1.165, 1.54) is 17.0 Å². The molecule has 0 saturated carbocycles. The summed E-state index contributed by atoms with van der Waals surface area (Å²) in [5.74, 6) is 0. The molecule has 2 rings (SSSR count). The average Bonchev–Trinajstić information content (AvgIpc) is 2.33. The Morgan fingerprint density at radius 1 is 1.41 bits per heavy atom. The van der Waals surface area contributed by atoms with Gasteiger partial charge in [0.1, 0.15) is 10.7 Å². The van der Waals surface area contributed by atoms with Gasteiger partial charge in [0.15, 0.2) is 5.15 Å². The molecule has 0 aliphatic heterocycles. The van der Waals surface area contributed by atoms with Crippen molar-refractivity contribution >= 4 is 34.1 Å². The highest BCUT2D eigenvalue weighted by molar-refractivity contribution is 6.36. The summed E-state index contributed by atoms with van der Waals surface area (Å²) in [4.78, 5) is 19.7. The molecule has 2 aromatic heterocycles. The van der Waals surface area contributed by atoms with Gasteiger partial charge in [-0.2, -0.15) is 0 Å². The number of halogens is 2. The first-order chi connectivity index (χ1) is 8.13. The first kappa shape index (κ1) is 13.9. The molecule has 0 radical (unpaired) electrons. The predicted octanol–water partition coefficient (Wildman–Crippen LogP) is 1.73. The Morgan fingerprint density at radius 3 is 2.65 bits per heavy atom. The summed E-state index contributed by atoms with van der Waals surface area (Å²) < 4.78 is 1.48. The van der Waals surface area contributed by atoms with E-state index in [2.05, 4.69) is 9.97 Å². The number of aliphatic hydroxyl groups is 1. The van der Waals surface area contributed by atoms with Crippen molar-refractivity contribution in [3.05, 3.63) is 33.1 Å². The third-order valence-corrected chi connectivity index (χ3v) is 2.53. The van der Waals surface area contributed by atoms with Crippen LogP contribution in [0.4, 0.5) is 0 Å². The number of pyridine rings is 1. The van der Waals surface area contributed by atoms with Crippen LogP contribution >= 0.6 is 23.2 Å². The first-order valence-corrected chi connectivity index (χ1v) is 5.55. The highest BCUT2D eigenvalue weighted by Crippen LogP contribution is 2.19. The third kappa shape index (κ3) is 2.74. The zero-order valence-corrected chi connectivity index (χ0v) is 10.8. The summed E-state index contributed by atoms with van der Waals surface area (Å²) >= 11 is 11.5. The van der Waals surface area contributed by atoms with Crippen LogP contribution in [0.3, 0.4) is 0 Å². The Morgan fingerprint density at radius 2 is 2.06 bits per heavy atom. The van der Waals surface area contributed by atoms with Gasteiger partial charge in [0.25, 0.3) is 5.56 Å². The second kappa shape index (κ2) is 5.95. The molecular weight excluding hydrogens is 265 g/mol. The second-order valence-corrected chi connectivity index (χ2v) is 3.71. The van der Waals surface area contributed by atoms with Crippen LogP contribution in [0.25, 0.3) is 10.9 Å². The fourth-order valence-corrected chi connectivity index (χ4v) is 1.80. The number of rotatable bonds is 1. The lowest BCUT2D eigenvalue weighted by Gasteiger charge is -2.03. The van der Waals surface area contributed by atoms with E-state index in [0.29, 0.717) is 17.4 Å². The molecule has 1 N–H and O–H groups in total. The SMILES string of the molecule is CCn1cnc2c(Cl)nc(Cl)cc2c1=O.CO. The zero-order valence-electron chi connectivity index (χ0n) is 9.31. The quantitative estimate of drug-likeness (QED) is 0.805. The minimum Gasteiger partial charge on any atom is -0.400 e. The van der Waals surface area contributed by atoms with Gasteiger partial charge in [0.2, 0.25) is 0 Å². The molecule has 0 atom stereocenters. The van der Waals surface area contributed by atoms with Crippen molar-refractivity contribution in [2.24, 2.45) is 0 Å². The Balaban J connectivity index is 0.000000686. The molecule has 0 unspecified atom stereocenters. The molecule has 0 amide bonds. The Kier molecular flexibility index (Phi) is 4.86. The van der Waals surface area contributed by atoms with E-state index >= 15 is 0 Å². The van der Waals surface area contributed by atoms with Crippen LogP contribution in [0.2, 0.25) is 10.3 Å². The number of aliphatic hydroxyl groups excluding tert-OH is 1. The molecule has 0 aromatic carbocycles. The van der Waals surface area contributed by atoms with Gasteiger partial charge in [0.05, 0.1) is 11.7 Å². The molecule has 92 valence electrons. The number of hydrogen-bond donors (Lipinski definition) is 1. The largest absolute Gasteiger partial charge is 0.400 e. The smallest absolute Gasteiger partial charge is 0.261 e. The van der Waals surface area contributed by atoms with Gasteiger partial charge in [-0.3, -0.25) is 9.36 Å². The predicted molar refractivity (Wildman–Crippen MR) is 67.6 cm³/mol. The monoisotopic (exact) mass is 275 g/mol. The summed E-state index contributed by atoms with van der Waals surface area (Å²) in [7, 11) is 1.00. The summed E-state index contributed by atoms with van der Waals surface area (Å²) in [5, 5.41) is 7.74. The molecule has 0 spiro atoms. The lowest BCUT2D eigenvalue weighted by molar-refractivity contribution is 0.399. The number of aryl methyl sites for hydroxylation is 1. The summed E-state index contributed by atoms with van der Waals surface area (Å²) in [6, 6.07) is 1.48. The molecule has 0 saturated heterocycles. The van der Waals surface area contributed by atoms with Crippen molar-refractivity contribution < 1.29 is 5.11 Å². The maximum atomic E-state index is 11.8. The van der Waals surface area contributed by atoms with Crippen LogP contribution in [0, 0.1) is 0 Å². The van der Waals surface area contributed by atoms with Crippen molar-refractivity contribution in [3.63, 3.8) is 0 Å². The molecular formula is C10H11Cl2N3O2. The van der Waals surface area contributed by atoms with E-state index in [1.807, 2.05) is 6.92 Å². The maximum Gasteiger partial charge on any atom is 0.261 e. The molecule has 5 nitrogen and oxygen atoms in total. The average molecular weight is 276 g/mol. The van der Waals surface area contributed by atoms with Gasteiger partial charge in [-0.25, -0.2) is 9.97 Å². The topological polar surface area (TPSA) is 68.0 Å². The normalized spacial score (nSPS) is 9.94. The Labute approximate surface area is 108 Å². The number of fused-ring (bicyclic) bond motifs is 1. The van der Waals surface area contributed by atoms with Crippen LogP contribution in [-0.2, 0) is 6.54 Å². The number of hydrogen-bond acceptors (Lipinski definition) is 4. The van der Waals surface area contributed by atoms with Gasteiger partial charge in [-0.05, 0) is 13.0 Å². The van der Waals surface area contributed by atoms with E-state index < -0.39 is 0 Å². The zero-order chi connectivity index (χ0) is 13.0. The highest BCUT2D eigenvalue weighted by atomic mass is 35.5. The Hall–Kier alpha value is -1.17. The molecule has 0 bridgehead atoms. The van der Waals surface area contributed by atoms with Crippen LogP contribution in [-0.4, -0.2) is 26.8 Å². The lowest BCUT2D eigenvalue weighted by Crippen LogP contribution is -2.19. The van der Waals surface area contributed by atoms with Gasteiger partial charge in [-0.1, -0.05) is 23.2 Å². The first-order valence-electron chi connectivity index (χ1n) is 4.79. The molecule has 0 fully saturated rings. The van der Waals surface area contributed by atoms with Crippen LogP contribution in [0.15, 0.2) is 17.2 Å². The van der Waals surface area contributed by atoms with Gasteiger partial charge < -0.3 is 5.11 Å². The summed E-state index contributed by atoms with van der Waals surface area (Å²) in [5.41, 5.74) is 0.226. The van der Waals surface area contributed by atoms with Crippen LogP contribution in [0.1, 0.15) is 6.92 Å². The molecule has 2 aromatic rings. The van der Waals surface area contributed by atoms with Crippen molar-refractivity contribution in [1.82, 2.24) is 14.5 Å². The van der Waals surface area contributed by atoms with Gasteiger partial charge >= 0.3 is 0 Å². The highest BCUT2D eigenvalue weighted by Gasteiger charge is 2.08. The van der Waals surface area contributed by atoms with Crippen LogP contribution < -0.4 is 5.56 Å². The van der Waals surface area contributed by atoms with Gasteiger partial charge in [0, 0.05) is 13.7 Å². The second-order valence-electron chi connectivity index (χ2n) is 2.97. The Bertz CT molecular complexity index is 584. The van der Waals surface area contributed by atoms with Crippen molar-refractivity contribution in [1.29, 1.82) is 0 Å². The minimum absolute atomic E-state index is 0.151. The molecule has 17 heavy (non-hydrogen) atoms. The van der Waals surface area contributed by atoms with E-state index in [0.717, 1.165) is 7.11 Å². The van der Waals surface area contributed by atoms with E-state index in [1.54, 1.807) is 0 Å². The van der Waals surface area contributed by atoms with E-state index in [9.17, 15) is 4.79 Å². The van der Waals surface area contributed by atoms with Crippen molar-refractivity contribution in [3.8, 4) is 0 Å².